The highest BCUT2D eigenvalue weighted by Crippen LogP contribution is 1.91. The van der Waals surface area contributed by atoms with E-state index in [1.165, 1.54) is 6.34 Å². The normalized spacial score (nSPS) is 10.6. The van der Waals surface area contributed by atoms with Gasteiger partial charge >= 0.3 is 0 Å². The molecule has 0 bridgehead atoms. The van der Waals surface area contributed by atoms with Crippen LogP contribution in [-0.4, -0.2) is 24.1 Å². The summed E-state index contributed by atoms with van der Waals surface area (Å²) in [6.07, 6.45) is 1.43. The Bertz CT molecular complexity index is 108. The van der Waals surface area contributed by atoms with Crippen molar-refractivity contribution in [3.05, 3.63) is 0 Å². The molecule has 0 fully saturated rings. The third-order valence-corrected chi connectivity index (χ3v) is 0.877. The van der Waals surface area contributed by atoms with Gasteiger partial charge in [-0.05, 0) is 13.8 Å². The quantitative estimate of drug-likeness (QED) is 0.256. The summed E-state index contributed by atoms with van der Waals surface area (Å²) in [4.78, 5) is 0. The average molecular weight is 128 g/mol. The van der Waals surface area contributed by atoms with E-state index in [-0.39, 0.29) is 6.04 Å². The summed E-state index contributed by atoms with van der Waals surface area (Å²) >= 11 is 0. The Balaban J connectivity index is 3.82. The molecule has 0 spiro atoms. The predicted molar refractivity (Wildman–Crippen MR) is 39.2 cm³/mol. The van der Waals surface area contributed by atoms with Crippen molar-refractivity contribution >= 4 is 13.1 Å². The van der Waals surface area contributed by atoms with Crippen LogP contribution < -0.4 is 5.84 Å². The van der Waals surface area contributed by atoms with Crippen molar-refractivity contribution in [1.82, 2.24) is 5.01 Å². The van der Waals surface area contributed by atoms with E-state index < -0.39 is 0 Å². The van der Waals surface area contributed by atoms with Gasteiger partial charge in [-0.1, -0.05) is 0 Å². The van der Waals surface area contributed by atoms with Gasteiger partial charge in [-0.15, -0.1) is 0 Å². The van der Waals surface area contributed by atoms with Crippen LogP contribution in [-0.2, 0) is 0 Å². The molecule has 4 heteroatoms. The van der Waals surface area contributed by atoms with Crippen LogP contribution in [0.5, 0.6) is 0 Å². The van der Waals surface area contributed by atoms with E-state index >= 15 is 0 Å². The zero-order valence-electron chi connectivity index (χ0n) is 5.78. The molecule has 0 aliphatic heterocycles. The Morgan fingerprint density at radius 3 is 2.33 bits per heavy atom. The molecular weight excluding hydrogens is 116 g/mol. The number of nitrogens with two attached hydrogens (primary N) is 1. The summed E-state index contributed by atoms with van der Waals surface area (Å²) in [5.41, 5.74) is 0. The number of hydrogen-bond acceptors (Lipinski definition) is 3. The van der Waals surface area contributed by atoms with Crippen LogP contribution in [0.25, 0.3) is 0 Å². The minimum Gasteiger partial charge on any atom is -0.322 e. The van der Waals surface area contributed by atoms with E-state index in [0.717, 1.165) is 0 Å². The number of nitrogens with zero attached hydrogens (tertiary/aromatic N) is 3. The molecule has 0 unspecified atom stereocenters. The van der Waals surface area contributed by atoms with E-state index in [9.17, 15) is 0 Å². The maximum absolute atomic E-state index is 4.88. The van der Waals surface area contributed by atoms with E-state index in [0.29, 0.717) is 0 Å². The van der Waals surface area contributed by atoms with E-state index in [2.05, 4.69) is 16.9 Å². The molecule has 52 valence electrons. The molecule has 0 aliphatic rings. The molecule has 0 aromatic heterocycles. The average Bonchev–Trinajstić information content (AvgIpc) is 1.82. The van der Waals surface area contributed by atoms with Gasteiger partial charge in [-0.25, -0.2) is 0 Å². The third-order valence-electron chi connectivity index (χ3n) is 0.877. The Kier molecular flexibility index (Phi) is 3.43. The first kappa shape index (κ1) is 7.94. The summed E-state index contributed by atoms with van der Waals surface area (Å²) in [7, 11) is 0. The Labute approximate surface area is 55.0 Å². The lowest BCUT2D eigenvalue weighted by atomic mass is 10.4. The van der Waals surface area contributed by atoms with Gasteiger partial charge in [0.05, 0.1) is 0 Å². The fourth-order valence-corrected chi connectivity index (χ4v) is 0.401. The van der Waals surface area contributed by atoms with Crippen LogP contribution in [0.1, 0.15) is 13.8 Å². The highest BCUT2D eigenvalue weighted by molar-refractivity contribution is 5.55. The van der Waals surface area contributed by atoms with E-state index in [1.807, 2.05) is 13.8 Å². The summed E-state index contributed by atoms with van der Waals surface area (Å²) < 4.78 is 0. The molecule has 2 N–H and O–H groups in total. The second-order valence-electron chi connectivity index (χ2n) is 1.88. The molecular formula is C5H12N4. The van der Waals surface area contributed by atoms with Crippen LogP contribution in [0.4, 0.5) is 0 Å². The first-order valence-corrected chi connectivity index (χ1v) is 2.70. The van der Waals surface area contributed by atoms with Gasteiger partial charge in [0.25, 0.3) is 0 Å². The first-order chi connectivity index (χ1) is 4.22. The van der Waals surface area contributed by atoms with Crippen molar-refractivity contribution in [2.24, 2.45) is 16.0 Å². The van der Waals surface area contributed by atoms with Crippen molar-refractivity contribution in [2.75, 3.05) is 0 Å². The van der Waals surface area contributed by atoms with Gasteiger partial charge in [-0.2, -0.15) is 10.2 Å². The zero-order chi connectivity index (χ0) is 7.28. The number of hydrogen-bond donors (Lipinski definition) is 1. The monoisotopic (exact) mass is 128 g/mol. The summed E-state index contributed by atoms with van der Waals surface area (Å²) in [5, 5.41) is 8.50. The molecule has 9 heavy (non-hydrogen) atoms. The Hall–Kier alpha value is -1.06. The fraction of sp³-hybridized carbons (Fsp3) is 0.600. The molecule has 0 heterocycles. The van der Waals surface area contributed by atoms with Gasteiger partial charge < -0.3 is 5.84 Å². The molecule has 0 atom stereocenters. The minimum atomic E-state index is 0.259. The number of hydrazone groups is 2. The van der Waals surface area contributed by atoms with Crippen molar-refractivity contribution in [3.63, 3.8) is 0 Å². The largest absolute Gasteiger partial charge is 0.322 e. The smallest absolute Gasteiger partial charge is 0.131 e. The molecule has 4 nitrogen and oxygen atoms in total. The van der Waals surface area contributed by atoms with Gasteiger partial charge in [0.2, 0.25) is 0 Å². The highest BCUT2D eigenvalue weighted by atomic mass is 15.5. The lowest BCUT2D eigenvalue weighted by Gasteiger charge is -2.15. The molecule has 0 aromatic rings. The standard InChI is InChI=1S/C5H12N4/c1-5(2)9(7-3)4-8-6/h4-5H,3,6H2,1-2H3/b8-4-. The summed E-state index contributed by atoms with van der Waals surface area (Å²) in [6, 6.07) is 0.259. The van der Waals surface area contributed by atoms with Gasteiger partial charge in [0.15, 0.2) is 0 Å². The second-order valence-corrected chi connectivity index (χ2v) is 1.88. The zero-order valence-corrected chi connectivity index (χ0v) is 5.78. The maximum atomic E-state index is 4.88. The highest BCUT2D eigenvalue weighted by Gasteiger charge is 1.98. The second kappa shape index (κ2) is 3.88. The molecule has 0 radical (unpaired) electrons. The third kappa shape index (κ3) is 2.69. The summed E-state index contributed by atoms with van der Waals surface area (Å²) in [5.74, 6) is 4.88. The lowest BCUT2D eigenvalue weighted by Crippen LogP contribution is -2.23. The molecule has 0 aliphatic carbocycles. The number of rotatable bonds is 3. The Morgan fingerprint density at radius 1 is 1.67 bits per heavy atom. The van der Waals surface area contributed by atoms with Crippen molar-refractivity contribution < 1.29 is 0 Å². The van der Waals surface area contributed by atoms with Gasteiger partial charge in [0, 0.05) is 12.8 Å². The maximum Gasteiger partial charge on any atom is 0.131 e. The molecule has 0 amide bonds. The molecule has 0 saturated carbocycles. The Morgan fingerprint density at radius 2 is 2.22 bits per heavy atom. The van der Waals surface area contributed by atoms with Crippen molar-refractivity contribution in [3.8, 4) is 0 Å². The van der Waals surface area contributed by atoms with Crippen LogP contribution in [0.3, 0.4) is 0 Å². The fourth-order valence-electron chi connectivity index (χ4n) is 0.401. The van der Waals surface area contributed by atoms with E-state index in [1.54, 1.807) is 5.01 Å². The summed E-state index contributed by atoms with van der Waals surface area (Å²) in [6.45, 7) is 7.27. The van der Waals surface area contributed by atoms with Crippen LogP contribution >= 0.6 is 0 Å². The van der Waals surface area contributed by atoms with Crippen molar-refractivity contribution in [2.45, 2.75) is 19.9 Å². The lowest BCUT2D eigenvalue weighted by molar-refractivity contribution is 0.382. The molecule has 0 aromatic carbocycles. The predicted octanol–water partition coefficient (Wildman–Crippen LogP) is 0.214. The molecule has 0 rings (SSSR count). The minimum absolute atomic E-state index is 0.259. The van der Waals surface area contributed by atoms with Crippen LogP contribution in [0.15, 0.2) is 10.2 Å². The first-order valence-electron chi connectivity index (χ1n) is 2.70. The molecule has 0 saturated heterocycles. The van der Waals surface area contributed by atoms with Crippen molar-refractivity contribution in [1.29, 1.82) is 0 Å². The SMILES string of the molecule is C=NN(/C=N\N)C(C)C. The van der Waals surface area contributed by atoms with E-state index in [4.69, 9.17) is 5.84 Å². The topological polar surface area (TPSA) is 54.0 Å². The van der Waals surface area contributed by atoms with Gasteiger partial charge in [0.1, 0.15) is 6.34 Å². The van der Waals surface area contributed by atoms with Gasteiger partial charge in [-0.3, -0.25) is 5.01 Å². The van der Waals surface area contributed by atoms with Crippen LogP contribution in [0, 0.1) is 0 Å². The van der Waals surface area contributed by atoms with Crippen LogP contribution in [0.2, 0.25) is 0 Å².